The van der Waals surface area contributed by atoms with Crippen LogP contribution in [0, 0.1) is 11.3 Å². The maximum absolute atomic E-state index is 9.73. The fourth-order valence-corrected chi connectivity index (χ4v) is 4.84. The number of nitrogens with one attached hydrogen (secondary N) is 1. The molecule has 0 unspecified atom stereocenters. The highest BCUT2D eigenvalue weighted by atomic mass is 16.5. The standard InChI is InChI=1S/C28H32N6O3/c1-34-11-6-19(7-12-34)27-26(35-2)16-22(18-31-27)32-28-30-10-5-24(33-28)20-3-4-25(21(15-20)17-29)37-23-8-13-36-14-9-23/h3-5,10,15-16,18-19,23H,6-9,11-14H2,1-2H3,(H,30,32,33). The van der Waals surface area contributed by atoms with E-state index in [0.29, 0.717) is 42.1 Å². The Bertz CT molecular complexity index is 1260. The Hall–Kier alpha value is -3.74. The second kappa shape index (κ2) is 11.5. The van der Waals surface area contributed by atoms with Gasteiger partial charge in [-0.1, -0.05) is 0 Å². The molecule has 1 N–H and O–H groups in total. The molecule has 2 aliphatic rings. The lowest BCUT2D eigenvalue weighted by Crippen LogP contribution is -2.29. The Balaban J connectivity index is 1.32. The lowest BCUT2D eigenvalue weighted by molar-refractivity contribution is 0.0254. The van der Waals surface area contributed by atoms with Gasteiger partial charge in [-0.15, -0.1) is 0 Å². The van der Waals surface area contributed by atoms with Gasteiger partial charge in [-0.25, -0.2) is 9.97 Å². The largest absolute Gasteiger partial charge is 0.495 e. The minimum absolute atomic E-state index is 0.0676. The van der Waals surface area contributed by atoms with E-state index in [4.69, 9.17) is 19.2 Å². The van der Waals surface area contributed by atoms with Crippen molar-refractivity contribution < 1.29 is 14.2 Å². The summed E-state index contributed by atoms with van der Waals surface area (Å²) < 4.78 is 17.2. The number of nitrogens with zero attached hydrogens (tertiary/aromatic N) is 5. The predicted molar refractivity (Wildman–Crippen MR) is 140 cm³/mol. The molecule has 3 aromatic rings. The highest BCUT2D eigenvalue weighted by Gasteiger charge is 2.23. The number of hydrogen-bond donors (Lipinski definition) is 1. The smallest absolute Gasteiger partial charge is 0.227 e. The van der Waals surface area contributed by atoms with Gasteiger partial charge in [0, 0.05) is 36.6 Å². The number of likely N-dealkylation sites (tertiary alicyclic amines) is 1. The topological polar surface area (TPSA) is 105 Å². The zero-order valence-electron chi connectivity index (χ0n) is 21.3. The van der Waals surface area contributed by atoms with Crippen LogP contribution in [0.5, 0.6) is 11.5 Å². The van der Waals surface area contributed by atoms with E-state index in [-0.39, 0.29) is 6.10 Å². The molecule has 0 radical (unpaired) electrons. The van der Waals surface area contributed by atoms with E-state index in [2.05, 4.69) is 33.3 Å². The molecule has 2 aromatic heterocycles. The van der Waals surface area contributed by atoms with E-state index < -0.39 is 0 Å². The Labute approximate surface area is 217 Å². The Kier molecular flexibility index (Phi) is 7.78. The Morgan fingerprint density at radius 1 is 1.05 bits per heavy atom. The minimum atomic E-state index is 0.0676. The zero-order valence-corrected chi connectivity index (χ0v) is 21.3. The molecule has 2 aliphatic heterocycles. The van der Waals surface area contributed by atoms with Crippen molar-refractivity contribution in [1.82, 2.24) is 19.9 Å². The zero-order chi connectivity index (χ0) is 25.6. The molecule has 192 valence electrons. The third-order valence-corrected chi connectivity index (χ3v) is 6.98. The van der Waals surface area contributed by atoms with Gasteiger partial charge in [0.1, 0.15) is 23.7 Å². The fourth-order valence-electron chi connectivity index (χ4n) is 4.84. The SMILES string of the molecule is COc1cc(Nc2nccc(-c3ccc(OC4CCOCC4)c(C#N)c3)n2)cnc1C1CCN(C)CC1. The number of aromatic nitrogens is 3. The summed E-state index contributed by atoms with van der Waals surface area (Å²) in [5, 5.41) is 13.0. The van der Waals surface area contributed by atoms with E-state index in [1.54, 1.807) is 13.3 Å². The number of ether oxygens (including phenoxy) is 3. The number of rotatable bonds is 7. The number of pyridine rings is 1. The molecule has 0 saturated carbocycles. The minimum Gasteiger partial charge on any atom is -0.495 e. The van der Waals surface area contributed by atoms with Gasteiger partial charge in [0.25, 0.3) is 0 Å². The first kappa shape index (κ1) is 24.9. The van der Waals surface area contributed by atoms with E-state index >= 15 is 0 Å². The monoisotopic (exact) mass is 500 g/mol. The molecule has 2 saturated heterocycles. The van der Waals surface area contributed by atoms with Gasteiger partial charge in [0.2, 0.25) is 5.95 Å². The highest BCUT2D eigenvalue weighted by molar-refractivity contribution is 5.66. The van der Waals surface area contributed by atoms with E-state index in [9.17, 15) is 5.26 Å². The number of benzene rings is 1. The summed E-state index contributed by atoms with van der Waals surface area (Å²) in [6.45, 7) is 3.49. The van der Waals surface area contributed by atoms with Gasteiger partial charge in [-0.2, -0.15) is 5.26 Å². The van der Waals surface area contributed by atoms with Crippen LogP contribution >= 0.6 is 0 Å². The molecule has 9 heteroatoms. The first-order valence-corrected chi connectivity index (χ1v) is 12.7. The molecule has 0 atom stereocenters. The maximum atomic E-state index is 9.73. The van der Waals surface area contributed by atoms with Crippen LogP contribution in [0.2, 0.25) is 0 Å². The van der Waals surface area contributed by atoms with Crippen LogP contribution in [0.4, 0.5) is 11.6 Å². The van der Waals surface area contributed by atoms with Crippen molar-refractivity contribution in [3.8, 4) is 28.8 Å². The second-order valence-corrected chi connectivity index (χ2v) is 9.53. The summed E-state index contributed by atoms with van der Waals surface area (Å²) in [6.07, 6.45) is 7.36. The van der Waals surface area contributed by atoms with Crippen LogP contribution < -0.4 is 14.8 Å². The normalized spacial score (nSPS) is 17.2. The summed E-state index contributed by atoms with van der Waals surface area (Å²) in [5.41, 5.74) is 3.76. The molecule has 9 nitrogen and oxygen atoms in total. The van der Waals surface area contributed by atoms with Gasteiger partial charge < -0.3 is 24.4 Å². The molecule has 37 heavy (non-hydrogen) atoms. The van der Waals surface area contributed by atoms with Gasteiger partial charge in [0.05, 0.1) is 49.2 Å². The third kappa shape index (κ3) is 5.98. The molecule has 0 aliphatic carbocycles. The van der Waals surface area contributed by atoms with E-state index in [1.807, 2.05) is 36.5 Å². The summed E-state index contributed by atoms with van der Waals surface area (Å²) in [5.74, 6) is 2.20. The molecule has 0 spiro atoms. The highest BCUT2D eigenvalue weighted by Crippen LogP contribution is 2.34. The molecule has 5 rings (SSSR count). The number of nitriles is 1. The van der Waals surface area contributed by atoms with Crippen molar-refractivity contribution in [2.45, 2.75) is 37.7 Å². The van der Waals surface area contributed by atoms with Crippen LogP contribution in [0.25, 0.3) is 11.3 Å². The van der Waals surface area contributed by atoms with E-state index in [0.717, 1.165) is 61.5 Å². The first-order chi connectivity index (χ1) is 18.1. The molecule has 0 bridgehead atoms. The molecule has 0 amide bonds. The lowest BCUT2D eigenvalue weighted by Gasteiger charge is -2.29. The Morgan fingerprint density at radius 2 is 1.86 bits per heavy atom. The van der Waals surface area contributed by atoms with Gasteiger partial charge in [-0.05, 0) is 57.2 Å². The average molecular weight is 501 g/mol. The summed E-state index contributed by atoms with van der Waals surface area (Å²) in [4.78, 5) is 16.1. The summed E-state index contributed by atoms with van der Waals surface area (Å²) in [7, 11) is 3.83. The van der Waals surface area contributed by atoms with Crippen molar-refractivity contribution in [2.75, 3.05) is 45.8 Å². The Morgan fingerprint density at radius 3 is 2.62 bits per heavy atom. The molecular weight excluding hydrogens is 468 g/mol. The lowest BCUT2D eigenvalue weighted by atomic mass is 9.92. The first-order valence-electron chi connectivity index (χ1n) is 12.7. The molecule has 2 fully saturated rings. The van der Waals surface area contributed by atoms with Gasteiger partial charge in [0.15, 0.2) is 0 Å². The molecular formula is C28H32N6O3. The number of piperidine rings is 1. The number of methoxy groups -OCH3 is 1. The quantitative estimate of drug-likeness (QED) is 0.501. The van der Waals surface area contributed by atoms with Crippen molar-refractivity contribution in [1.29, 1.82) is 5.26 Å². The van der Waals surface area contributed by atoms with Crippen molar-refractivity contribution in [3.05, 3.63) is 54.0 Å². The van der Waals surface area contributed by atoms with E-state index in [1.165, 1.54) is 0 Å². The van der Waals surface area contributed by atoms with Crippen LogP contribution in [0.15, 0.2) is 42.7 Å². The maximum Gasteiger partial charge on any atom is 0.227 e. The molecule has 4 heterocycles. The van der Waals surface area contributed by atoms with Crippen LogP contribution in [-0.4, -0.2) is 66.4 Å². The third-order valence-electron chi connectivity index (χ3n) is 6.98. The van der Waals surface area contributed by atoms with Crippen LogP contribution in [0.1, 0.15) is 42.9 Å². The number of anilines is 2. The van der Waals surface area contributed by atoms with Gasteiger partial charge in [-0.3, -0.25) is 4.98 Å². The van der Waals surface area contributed by atoms with Crippen LogP contribution in [-0.2, 0) is 4.74 Å². The fraction of sp³-hybridized carbons (Fsp3) is 0.429. The van der Waals surface area contributed by atoms with Gasteiger partial charge >= 0.3 is 0 Å². The number of hydrogen-bond acceptors (Lipinski definition) is 9. The van der Waals surface area contributed by atoms with Crippen molar-refractivity contribution >= 4 is 11.6 Å². The summed E-state index contributed by atoms with van der Waals surface area (Å²) in [6, 6.07) is 11.6. The summed E-state index contributed by atoms with van der Waals surface area (Å²) >= 11 is 0. The second-order valence-electron chi connectivity index (χ2n) is 9.53. The average Bonchev–Trinajstić information content (AvgIpc) is 2.94. The molecule has 1 aromatic carbocycles. The van der Waals surface area contributed by atoms with Crippen molar-refractivity contribution in [3.63, 3.8) is 0 Å². The van der Waals surface area contributed by atoms with Crippen LogP contribution in [0.3, 0.4) is 0 Å². The predicted octanol–water partition coefficient (Wildman–Crippen LogP) is 4.53. The van der Waals surface area contributed by atoms with Crippen molar-refractivity contribution in [2.24, 2.45) is 0 Å².